The lowest BCUT2D eigenvalue weighted by Crippen LogP contribution is -2.43. The van der Waals surface area contributed by atoms with Crippen LogP contribution in [-0.2, 0) is 14.4 Å². The van der Waals surface area contributed by atoms with Crippen LogP contribution in [-0.4, -0.2) is 41.4 Å². The summed E-state index contributed by atoms with van der Waals surface area (Å²) < 4.78 is 26.9. The number of nitrogens with zero attached hydrogens (tertiary/aromatic N) is 4. The molecule has 0 aliphatic carbocycles. The van der Waals surface area contributed by atoms with Gasteiger partial charge in [0, 0.05) is 11.1 Å². The minimum absolute atomic E-state index is 0.320. The third kappa shape index (κ3) is 3.42. The third-order valence-corrected chi connectivity index (χ3v) is 4.70. The molecule has 0 aromatic heterocycles. The highest BCUT2D eigenvalue weighted by atomic mass is 35.5. The van der Waals surface area contributed by atoms with Crippen LogP contribution in [0.3, 0.4) is 0 Å². The van der Waals surface area contributed by atoms with Gasteiger partial charge in [-0.3, -0.25) is 19.4 Å². The second kappa shape index (κ2) is 7.21. The fraction of sp³-hybridized carbons (Fsp3) is 0.167. The summed E-state index contributed by atoms with van der Waals surface area (Å²) in [6.45, 7) is -0.478. The lowest BCUT2D eigenvalue weighted by atomic mass is 10.1. The number of fused-ring (bicyclic) bond motifs is 1. The van der Waals surface area contributed by atoms with Gasteiger partial charge < -0.3 is 5.32 Å². The van der Waals surface area contributed by atoms with Crippen LogP contribution >= 0.6 is 11.6 Å². The number of carbonyl (C=O) groups excluding carboxylic acids is 3. The molecule has 2 aliphatic heterocycles. The van der Waals surface area contributed by atoms with Crippen LogP contribution in [0.5, 0.6) is 0 Å². The second-order valence-electron chi connectivity index (χ2n) is 6.35. The average Bonchev–Trinajstić information content (AvgIpc) is 3.19. The minimum Gasteiger partial charge on any atom is -0.322 e. The Morgan fingerprint density at radius 1 is 1.10 bits per heavy atom. The Bertz CT molecular complexity index is 1050. The Labute approximate surface area is 167 Å². The average molecular weight is 420 g/mol. The fourth-order valence-electron chi connectivity index (χ4n) is 3.13. The van der Waals surface area contributed by atoms with E-state index in [1.165, 1.54) is 24.3 Å². The van der Waals surface area contributed by atoms with Crippen molar-refractivity contribution in [2.24, 2.45) is 10.3 Å². The molecule has 2 aromatic carbocycles. The van der Waals surface area contributed by atoms with E-state index in [2.05, 4.69) is 15.7 Å². The van der Waals surface area contributed by atoms with Crippen molar-refractivity contribution in [3.8, 4) is 0 Å². The molecule has 2 heterocycles. The number of rotatable bonds is 4. The Kier molecular flexibility index (Phi) is 4.71. The Morgan fingerprint density at radius 3 is 2.55 bits per heavy atom. The molecule has 1 N–H and O–H groups in total. The molecule has 0 unspecified atom stereocenters. The monoisotopic (exact) mass is 419 g/mol. The molecule has 2 aromatic rings. The summed E-state index contributed by atoms with van der Waals surface area (Å²) in [4.78, 5) is 38.6. The number of hydrogen-bond donors (Lipinski definition) is 1. The van der Waals surface area contributed by atoms with Crippen LogP contribution in [0, 0.1) is 11.6 Å². The quantitative estimate of drug-likeness (QED) is 0.770. The number of benzene rings is 2. The highest BCUT2D eigenvalue weighted by Crippen LogP contribution is 2.32. The van der Waals surface area contributed by atoms with E-state index in [1.807, 2.05) is 0 Å². The van der Waals surface area contributed by atoms with Gasteiger partial charge in [0.25, 0.3) is 11.8 Å². The Balaban J connectivity index is 1.49. The van der Waals surface area contributed by atoms with Gasteiger partial charge in [0.1, 0.15) is 18.2 Å². The smallest absolute Gasteiger partial charge is 0.263 e. The first-order valence-electron chi connectivity index (χ1n) is 8.41. The van der Waals surface area contributed by atoms with Crippen LogP contribution in [0.2, 0.25) is 5.02 Å². The van der Waals surface area contributed by atoms with Crippen molar-refractivity contribution in [3.05, 3.63) is 59.1 Å². The van der Waals surface area contributed by atoms with Crippen molar-refractivity contribution in [2.45, 2.75) is 12.1 Å². The van der Waals surface area contributed by atoms with Crippen LogP contribution in [0.1, 0.15) is 0 Å². The molecule has 4 rings (SSSR count). The largest absolute Gasteiger partial charge is 0.322 e. The topological polar surface area (TPSA) is 94.4 Å². The molecule has 29 heavy (non-hydrogen) atoms. The maximum Gasteiger partial charge on any atom is 0.263 e. The van der Waals surface area contributed by atoms with Gasteiger partial charge in [-0.15, -0.1) is 0 Å². The molecule has 11 heteroatoms. The van der Waals surface area contributed by atoms with E-state index in [1.54, 1.807) is 0 Å². The van der Waals surface area contributed by atoms with Gasteiger partial charge in [-0.1, -0.05) is 16.8 Å². The highest BCUT2D eigenvalue weighted by molar-refractivity contribution is 6.31. The maximum atomic E-state index is 13.7. The zero-order chi connectivity index (χ0) is 20.7. The van der Waals surface area contributed by atoms with Crippen LogP contribution in [0.15, 0.2) is 52.8 Å². The predicted molar refractivity (Wildman–Crippen MR) is 98.1 cm³/mol. The number of anilines is 2. The van der Waals surface area contributed by atoms with Crippen LogP contribution in [0.25, 0.3) is 0 Å². The molecule has 0 bridgehead atoms. The molecule has 8 nitrogen and oxygen atoms in total. The third-order valence-electron chi connectivity index (χ3n) is 4.45. The zero-order valence-corrected chi connectivity index (χ0v) is 15.3. The first kappa shape index (κ1) is 18.9. The van der Waals surface area contributed by atoms with Gasteiger partial charge in [0.05, 0.1) is 11.4 Å². The highest BCUT2D eigenvalue weighted by Gasteiger charge is 2.55. The zero-order valence-electron chi connectivity index (χ0n) is 14.6. The van der Waals surface area contributed by atoms with Gasteiger partial charge in [0.2, 0.25) is 5.91 Å². The standard InChI is InChI=1S/C18H12ClF2N5O3/c19-9-1-4-11(5-2-9)26-17(28)15-16(18(26)29)25(24-23-15)8-14(27)22-13-7-10(20)3-6-12(13)21/h1-7,15-16H,8H2,(H,22,27)/t15-,16-/m1/s1. The van der Waals surface area contributed by atoms with E-state index < -0.39 is 48.0 Å². The maximum absolute atomic E-state index is 13.7. The van der Waals surface area contributed by atoms with Gasteiger partial charge in [-0.05, 0) is 36.4 Å². The molecule has 2 aliphatic rings. The molecular weight excluding hydrogens is 408 g/mol. The Morgan fingerprint density at radius 2 is 1.83 bits per heavy atom. The van der Waals surface area contributed by atoms with E-state index in [0.29, 0.717) is 10.7 Å². The normalized spacial score (nSPS) is 20.4. The number of hydrogen-bond acceptors (Lipinski definition) is 6. The van der Waals surface area contributed by atoms with E-state index in [0.717, 1.165) is 28.1 Å². The minimum atomic E-state index is -1.10. The van der Waals surface area contributed by atoms with Crippen molar-refractivity contribution < 1.29 is 23.2 Å². The number of carbonyl (C=O) groups is 3. The van der Waals surface area contributed by atoms with Crippen LogP contribution < -0.4 is 10.2 Å². The van der Waals surface area contributed by atoms with Gasteiger partial charge in [0.15, 0.2) is 12.1 Å². The number of halogens is 3. The molecule has 0 saturated carbocycles. The lowest BCUT2D eigenvalue weighted by molar-refractivity contribution is -0.123. The summed E-state index contributed by atoms with van der Waals surface area (Å²) >= 11 is 5.83. The predicted octanol–water partition coefficient (Wildman–Crippen LogP) is 2.55. The van der Waals surface area contributed by atoms with E-state index >= 15 is 0 Å². The summed E-state index contributed by atoms with van der Waals surface area (Å²) in [7, 11) is 0. The van der Waals surface area contributed by atoms with Crippen molar-refractivity contribution >= 4 is 40.7 Å². The van der Waals surface area contributed by atoms with Crippen molar-refractivity contribution in [1.82, 2.24) is 5.01 Å². The Hall–Kier alpha value is -3.40. The van der Waals surface area contributed by atoms with Crippen LogP contribution in [0.4, 0.5) is 20.2 Å². The second-order valence-corrected chi connectivity index (χ2v) is 6.79. The molecule has 148 valence electrons. The molecule has 1 saturated heterocycles. The molecule has 3 amide bonds. The lowest BCUT2D eigenvalue weighted by Gasteiger charge is -2.20. The first-order valence-corrected chi connectivity index (χ1v) is 8.78. The number of nitrogens with one attached hydrogen (secondary N) is 1. The van der Waals surface area contributed by atoms with Crippen molar-refractivity contribution in [3.63, 3.8) is 0 Å². The summed E-state index contributed by atoms with van der Waals surface area (Å²) in [5.74, 6) is -3.47. The van der Waals surface area contributed by atoms with E-state index in [-0.39, 0.29) is 5.69 Å². The molecule has 0 spiro atoms. The molecule has 0 radical (unpaired) electrons. The fourth-order valence-corrected chi connectivity index (χ4v) is 3.25. The summed E-state index contributed by atoms with van der Waals surface area (Å²) in [6, 6.07) is 6.53. The summed E-state index contributed by atoms with van der Waals surface area (Å²) in [6.07, 6.45) is 0. The van der Waals surface area contributed by atoms with Gasteiger partial charge >= 0.3 is 0 Å². The van der Waals surface area contributed by atoms with Crippen molar-refractivity contribution in [2.75, 3.05) is 16.8 Å². The number of imide groups is 1. The molecule has 1 fully saturated rings. The molecule has 2 atom stereocenters. The molecular formula is C18H12ClF2N5O3. The number of amides is 3. The summed E-state index contributed by atoms with van der Waals surface area (Å²) in [5, 5.41) is 11.2. The van der Waals surface area contributed by atoms with Gasteiger partial charge in [-0.2, -0.15) is 5.11 Å². The summed E-state index contributed by atoms with van der Waals surface area (Å²) in [5.41, 5.74) is -0.0282. The first-order chi connectivity index (χ1) is 13.8. The van der Waals surface area contributed by atoms with Crippen molar-refractivity contribution in [1.29, 1.82) is 0 Å². The van der Waals surface area contributed by atoms with E-state index in [9.17, 15) is 23.2 Å². The SMILES string of the molecule is O=C(CN1N=N[C@H]2C(=O)N(c3ccc(Cl)cc3)C(=O)[C@@H]21)Nc1cc(F)ccc1F. The van der Waals surface area contributed by atoms with Gasteiger partial charge in [-0.25, -0.2) is 13.7 Å². The van der Waals surface area contributed by atoms with E-state index in [4.69, 9.17) is 11.6 Å².